The van der Waals surface area contributed by atoms with Crippen molar-refractivity contribution in [3.8, 4) is 153 Å². The average molecular weight is 1740 g/mol. The first-order chi connectivity index (χ1) is 58.2. The van der Waals surface area contributed by atoms with Gasteiger partial charge in [0.25, 0.3) is 0 Å². The zero-order valence-electron chi connectivity index (χ0n) is 71.1. The Morgan fingerprint density at radius 2 is 0.582 bits per heavy atom. The second kappa shape index (κ2) is 45.8. The summed E-state index contributed by atoms with van der Waals surface area (Å²) in [5.41, 5.74) is 13.7. The summed E-state index contributed by atoms with van der Waals surface area (Å²) in [6.07, 6.45) is 8.43. The lowest BCUT2D eigenvalue weighted by Gasteiger charge is -2.12. The monoisotopic (exact) mass is 1740 g/mol. The van der Waals surface area contributed by atoms with Crippen molar-refractivity contribution in [2.45, 2.75) is 112 Å². The van der Waals surface area contributed by atoms with E-state index in [2.05, 4.69) is 51.1 Å². The van der Waals surface area contributed by atoms with Crippen LogP contribution in [0.1, 0.15) is 80.4 Å². The van der Waals surface area contributed by atoms with E-state index in [0.717, 1.165) is 119 Å². The molecule has 0 aliphatic carbocycles. The molecule has 0 saturated carbocycles. The highest BCUT2D eigenvalue weighted by Gasteiger charge is 2.21. The molecule has 5 heterocycles. The zero-order chi connectivity index (χ0) is 87.4. The summed E-state index contributed by atoms with van der Waals surface area (Å²) < 4.78 is 76.1. The minimum atomic E-state index is -0.128. The van der Waals surface area contributed by atoms with Crippen LogP contribution in [0.4, 0.5) is 0 Å². The Hall–Kier alpha value is -13.3. The van der Waals surface area contributed by atoms with Gasteiger partial charge in [-0.1, -0.05) is 106 Å². The number of halogens is 2. The molecule has 0 aliphatic heterocycles. The largest absolute Gasteiger partial charge is 0.508 e. The number of ether oxygens (including phenoxy) is 9. The Bertz CT molecular complexity index is 5560. The molecule has 5 N–H and O–H groups in total. The van der Waals surface area contributed by atoms with Crippen molar-refractivity contribution in [2.24, 2.45) is 5.90 Å². The van der Waals surface area contributed by atoms with Crippen LogP contribution < -0.4 is 59.4 Å². The number of aromatic hydroxyl groups is 2. The first kappa shape index (κ1) is 94.2. The molecule has 0 unspecified atom stereocenters. The number of aryl methyl sites for hydroxylation is 2. The normalized spacial score (nSPS) is 10.6. The van der Waals surface area contributed by atoms with Crippen molar-refractivity contribution in [1.29, 1.82) is 0 Å². The lowest BCUT2D eigenvalue weighted by molar-refractivity contribution is 0.241. The van der Waals surface area contributed by atoms with Gasteiger partial charge in [-0.25, -0.2) is 5.90 Å². The molecule has 5 aromatic heterocycles. The summed E-state index contributed by atoms with van der Waals surface area (Å²) in [7, 11) is 8.13. The predicted molar refractivity (Wildman–Crippen MR) is 484 cm³/mol. The number of hydrogen-bond acceptors (Lipinski definition) is 23. The van der Waals surface area contributed by atoms with E-state index >= 15 is 0 Å². The zero-order valence-corrected chi connectivity index (χ0v) is 73.5. The van der Waals surface area contributed by atoms with Crippen LogP contribution in [0.15, 0.2) is 275 Å². The number of aromatic nitrogens is 3. The van der Waals surface area contributed by atoms with Gasteiger partial charge in [-0.2, -0.15) is 0 Å². The number of fused-ring (bicyclic) bond motifs is 2. The van der Waals surface area contributed by atoms with Crippen molar-refractivity contribution < 1.29 is 80.5 Å². The molecule has 122 heavy (non-hydrogen) atoms. The van der Waals surface area contributed by atoms with Gasteiger partial charge in [0.1, 0.15) is 86.9 Å². The molecular weight excluding hydrogens is 1640 g/mol. The molecule has 10 aromatic carbocycles. The second-order valence-electron chi connectivity index (χ2n) is 28.5. The minimum absolute atomic E-state index is 0. The Balaban J connectivity index is 0.000000186. The molecule has 0 fully saturated rings. The lowest BCUT2D eigenvalue weighted by atomic mass is 9.99. The molecular formula is C97H102BrClN4O19. The number of benzene rings is 10. The van der Waals surface area contributed by atoms with Crippen LogP contribution in [-0.2, 0) is 0 Å². The van der Waals surface area contributed by atoms with Crippen LogP contribution in [0.5, 0.6) is 63.2 Å². The Morgan fingerprint density at radius 3 is 0.877 bits per heavy atom. The molecule has 638 valence electrons. The van der Waals surface area contributed by atoms with Gasteiger partial charge in [-0.15, -0.1) is 12.4 Å². The summed E-state index contributed by atoms with van der Waals surface area (Å²) in [6, 6.07) is 64.7. The van der Waals surface area contributed by atoms with Crippen molar-refractivity contribution in [3.63, 3.8) is 0 Å². The third-order valence-electron chi connectivity index (χ3n) is 17.8. The van der Waals surface area contributed by atoms with E-state index < -0.39 is 0 Å². The maximum absolute atomic E-state index is 12.7. The SMILES string of the molecule is CC(C)Br.COc1ccc(-c2cnoc2-c2ccc(OC(C)C)cc2C)cc1.COc1ccc(-c2cnoc2-c2ccc(OC(C)C)cc2C)cc1.COc1ccc(-c2cnoc2-c2ccc(OC(C)C)cc2O)cc1.COc1ccc(-c2coc3cc(O)ccc3c2=O)cc1.COc1ccc(-c2coc3cc(OC(C)C)ccc3c2=O)cc1.Cl.NO. The van der Waals surface area contributed by atoms with Gasteiger partial charge in [0, 0.05) is 50.8 Å². The van der Waals surface area contributed by atoms with Crippen molar-refractivity contribution in [1.82, 2.24) is 15.5 Å². The number of hydrogen-bond donors (Lipinski definition) is 4. The quantitative estimate of drug-likeness (QED) is 0.0384. The maximum atomic E-state index is 12.7. The molecule has 0 bridgehead atoms. The van der Waals surface area contributed by atoms with Crippen LogP contribution in [0.2, 0.25) is 0 Å². The van der Waals surface area contributed by atoms with E-state index in [0.29, 0.717) is 60.7 Å². The van der Waals surface area contributed by atoms with E-state index in [1.807, 2.05) is 203 Å². The van der Waals surface area contributed by atoms with Crippen LogP contribution in [0.25, 0.3) is 112 Å². The van der Waals surface area contributed by atoms with E-state index in [1.165, 1.54) is 24.7 Å². The average Bonchev–Trinajstić information content (AvgIpc) is 1.49. The molecule has 0 amide bonds. The minimum Gasteiger partial charge on any atom is -0.508 e. The Morgan fingerprint density at radius 1 is 0.328 bits per heavy atom. The second-order valence-corrected chi connectivity index (χ2v) is 30.3. The first-order valence-electron chi connectivity index (χ1n) is 38.7. The van der Waals surface area contributed by atoms with Gasteiger partial charge >= 0.3 is 0 Å². The Labute approximate surface area is 723 Å². The van der Waals surface area contributed by atoms with Crippen molar-refractivity contribution in [3.05, 3.63) is 275 Å². The highest BCUT2D eigenvalue weighted by Crippen LogP contribution is 2.41. The van der Waals surface area contributed by atoms with E-state index in [4.69, 9.17) is 70.2 Å². The van der Waals surface area contributed by atoms with Crippen LogP contribution >= 0.6 is 28.3 Å². The molecule has 25 heteroatoms. The van der Waals surface area contributed by atoms with Gasteiger partial charge in [-0.05, 0) is 242 Å². The number of phenolic OH excluding ortho intramolecular Hbond substituents is 2. The summed E-state index contributed by atoms with van der Waals surface area (Å²) in [5, 5.41) is 39.1. The fraction of sp³-hybridized carbons (Fsp3) is 0.227. The number of alkyl halides is 1. The summed E-state index contributed by atoms with van der Waals surface area (Å²) >= 11 is 3.27. The van der Waals surface area contributed by atoms with Crippen LogP contribution in [0, 0.1) is 13.8 Å². The van der Waals surface area contributed by atoms with Crippen molar-refractivity contribution >= 4 is 50.3 Å². The fourth-order valence-electron chi connectivity index (χ4n) is 12.3. The van der Waals surface area contributed by atoms with Gasteiger partial charge in [0.2, 0.25) is 0 Å². The van der Waals surface area contributed by atoms with Gasteiger partial charge in [0.05, 0.1) is 106 Å². The summed E-state index contributed by atoms with van der Waals surface area (Å²) in [4.78, 5) is 25.8. The number of nitrogens with zero attached hydrogens (tertiary/aromatic N) is 3. The summed E-state index contributed by atoms with van der Waals surface area (Å²) in [6.45, 7) is 24.1. The highest BCUT2D eigenvalue weighted by molar-refractivity contribution is 9.09. The number of methoxy groups -OCH3 is 5. The standard InChI is InChI=1S/2C20H21NO3.C19H19NO4.C19H18O4.C16H12O4.C3H7Br.ClH.H3NO/c2*1-13(2)23-17-9-10-18(14(3)11-17)20-19(12-21-24-20)15-5-7-16(22-4)8-6-15;1-12(2)23-15-8-9-16(18(21)10-15)19-17(11-20-24-19)13-4-6-14(22-3)7-5-13;1-12(2)23-15-8-9-16-18(10-15)22-11-17(19(16)20)13-4-6-14(21-3)7-5-13;1-19-12-5-2-10(3-6-12)14-9-20-15-8-11(17)4-7-13(15)16(14)18;1-3(2)4;;1-2/h2*5-13H,1-4H3;4-12,21H,1-3H3;4-12H,1-3H3;2-9,17H,1H3;3H,1-2H3;1H;2H,1H2. The molecule has 15 aromatic rings. The van der Waals surface area contributed by atoms with E-state index in [-0.39, 0.29) is 59.2 Å². The molecule has 0 aliphatic rings. The highest BCUT2D eigenvalue weighted by atomic mass is 79.9. The van der Waals surface area contributed by atoms with Gasteiger partial charge < -0.3 is 80.5 Å². The van der Waals surface area contributed by atoms with E-state index in [9.17, 15) is 19.8 Å². The third-order valence-corrected chi connectivity index (χ3v) is 17.8. The molecule has 15 rings (SSSR count). The number of rotatable bonds is 21. The maximum Gasteiger partial charge on any atom is 0.200 e. The third kappa shape index (κ3) is 25.6. The number of nitrogens with two attached hydrogens (primary N) is 1. The summed E-state index contributed by atoms with van der Waals surface area (Å²) in [5.74, 6) is 12.6. The van der Waals surface area contributed by atoms with E-state index in [1.54, 1.807) is 121 Å². The molecule has 0 spiro atoms. The smallest absolute Gasteiger partial charge is 0.200 e. The Kier molecular flexibility index (Phi) is 35.4. The predicted octanol–water partition coefficient (Wildman–Crippen LogP) is 23.7. The molecule has 23 nitrogen and oxygen atoms in total. The topological polar surface area (TPSA) is 308 Å². The van der Waals surface area contributed by atoms with Gasteiger partial charge in [0.15, 0.2) is 28.1 Å². The first-order valence-corrected chi connectivity index (χ1v) is 39.6. The van der Waals surface area contributed by atoms with Gasteiger partial charge in [-0.3, -0.25) is 9.59 Å². The molecule has 0 atom stereocenters. The number of phenols is 2. The van der Waals surface area contributed by atoms with Crippen LogP contribution in [0.3, 0.4) is 0 Å². The lowest BCUT2D eigenvalue weighted by Crippen LogP contribution is -2.07. The molecule has 0 saturated heterocycles. The fourth-order valence-corrected chi connectivity index (χ4v) is 12.3. The molecule has 0 radical (unpaired) electrons. The van der Waals surface area contributed by atoms with Crippen LogP contribution in [-0.4, -0.2) is 95.7 Å². The van der Waals surface area contributed by atoms with Crippen molar-refractivity contribution in [2.75, 3.05) is 35.5 Å².